The standard InChI is InChI=1S/C32H31N2Si/c1-18-8-11-23-20(3)30-28(19(2)26(23)16-18)32-29-21(14-15-33(32)4)9-12-25-24-13-10-22(35(5,6)7)17-27(24)34(30)31(25)29/h8-17H,1-7H3/q+1. The first-order valence-electron chi connectivity index (χ1n) is 12.6. The fraction of sp³-hybridized carbons (Fsp3) is 0.219. The number of pyridine rings is 2. The highest BCUT2D eigenvalue weighted by molar-refractivity contribution is 6.88. The third kappa shape index (κ3) is 2.57. The Bertz CT molecular complexity index is 2020. The normalized spacial score (nSPS) is 13.0. The van der Waals surface area contributed by atoms with Gasteiger partial charge >= 0.3 is 0 Å². The molecule has 172 valence electrons. The molecule has 2 nitrogen and oxygen atoms in total. The van der Waals surface area contributed by atoms with Crippen LogP contribution in [0.25, 0.3) is 59.8 Å². The molecule has 7 aromatic rings. The summed E-state index contributed by atoms with van der Waals surface area (Å²) in [7, 11) is 0.737. The van der Waals surface area contributed by atoms with Crippen LogP contribution in [0.1, 0.15) is 16.7 Å². The van der Waals surface area contributed by atoms with Crippen molar-refractivity contribution in [2.24, 2.45) is 7.05 Å². The Labute approximate surface area is 206 Å². The first-order valence-corrected chi connectivity index (χ1v) is 16.1. The number of benzene rings is 4. The van der Waals surface area contributed by atoms with E-state index in [9.17, 15) is 0 Å². The molecule has 7 rings (SSSR count). The lowest BCUT2D eigenvalue weighted by Gasteiger charge is -2.19. The van der Waals surface area contributed by atoms with E-state index in [1.165, 1.54) is 81.6 Å². The second kappa shape index (κ2) is 6.61. The Morgan fingerprint density at radius 3 is 2.20 bits per heavy atom. The first kappa shape index (κ1) is 20.9. The van der Waals surface area contributed by atoms with Crippen LogP contribution in [-0.2, 0) is 7.05 Å². The van der Waals surface area contributed by atoms with Gasteiger partial charge < -0.3 is 4.40 Å². The number of aromatic nitrogens is 2. The summed E-state index contributed by atoms with van der Waals surface area (Å²) in [6.07, 6.45) is 2.23. The lowest BCUT2D eigenvalue weighted by atomic mass is 9.92. The summed E-state index contributed by atoms with van der Waals surface area (Å²) >= 11 is 0. The fourth-order valence-electron chi connectivity index (χ4n) is 6.44. The number of nitrogens with zero attached hydrogens (tertiary/aromatic N) is 2. The summed E-state index contributed by atoms with van der Waals surface area (Å²) < 4.78 is 4.95. The molecule has 0 spiro atoms. The lowest BCUT2D eigenvalue weighted by molar-refractivity contribution is -0.643. The van der Waals surface area contributed by atoms with Crippen molar-refractivity contribution in [1.82, 2.24) is 4.40 Å². The Morgan fingerprint density at radius 1 is 0.686 bits per heavy atom. The van der Waals surface area contributed by atoms with E-state index in [2.05, 4.69) is 117 Å². The predicted octanol–water partition coefficient (Wildman–Crippen LogP) is 7.44. The zero-order chi connectivity index (χ0) is 24.4. The summed E-state index contributed by atoms with van der Waals surface area (Å²) in [6, 6.07) is 21.1. The quantitative estimate of drug-likeness (QED) is 0.102. The van der Waals surface area contributed by atoms with Gasteiger partial charge in [-0.25, -0.2) is 4.57 Å². The summed E-state index contributed by atoms with van der Waals surface area (Å²) in [5, 5.41) is 11.0. The molecule has 0 amide bonds. The van der Waals surface area contributed by atoms with Crippen LogP contribution < -0.4 is 9.75 Å². The molecular weight excluding hydrogens is 440 g/mol. The predicted molar refractivity (Wildman–Crippen MR) is 154 cm³/mol. The summed E-state index contributed by atoms with van der Waals surface area (Å²) in [5.41, 5.74) is 9.45. The molecule has 3 heteroatoms. The van der Waals surface area contributed by atoms with Crippen molar-refractivity contribution in [3.05, 3.63) is 77.5 Å². The molecule has 0 aliphatic heterocycles. The van der Waals surface area contributed by atoms with E-state index in [0.717, 1.165) is 0 Å². The Morgan fingerprint density at radius 2 is 1.43 bits per heavy atom. The molecule has 0 radical (unpaired) electrons. The molecule has 0 saturated heterocycles. The number of fused-ring (bicyclic) bond motifs is 7. The topological polar surface area (TPSA) is 8.29 Å². The van der Waals surface area contributed by atoms with E-state index in [1.54, 1.807) is 0 Å². The maximum atomic E-state index is 2.61. The molecule has 3 aromatic heterocycles. The van der Waals surface area contributed by atoms with Crippen LogP contribution in [-0.4, -0.2) is 12.5 Å². The van der Waals surface area contributed by atoms with E-state index in [1.807, 2.05) is 0 Å². The minimum atomic E-state index is -1.47. The van der Waals surface area contributed by atoms with Crippen LogP contribution in [0.2, 0.25) is 19.6 Å². The lowest BCUT2D eigenvalue weighted by Crippen LogP contribution is -2.37. The van der Waals surface area contributed by atoms with E-state index in [4.69, 9.17) is 0 Å². The van der Waals surface area contributed by atoms with Crippen molar-refractivity contribution in [1.29, 1.82) is 0 Å². The Kier molecular flexibility index (Phi) is 3.95. The van der Waals surface area contributed by atoms with Crippen molar-refractivity contribution < 1.29 is 4.57 Å². The van der Waals surface area contributed by atoms with Crippen molar-refractivity contribution in [2.75, 3.05) is 0 Å². The maximum absolute atomic E-state index is 2.61. The summed E-state index contributed by atoms with van der Waals surface area (Å²) in [5.74, 6) is 0. The van der Waals surface area contributed by atoms with Crippen molar-refractivity contribution in [3.63, 3.8) is 0 Å². The van der Waals surface area contributed by atoms with Gasteiger partial charge in [0, 0.05) is 16.8 Å². The van der Waals surface area contributed by atoms with E-state index in [0.29, 0.717) is 0 Å². The Balaban J connectivity index is 1.92. The van der Waals surface area contributed by atoms with E-state index in [-0.39, 0.29) is 0 Å². The highest BCUT2D eigenvalue weighted by Gasteiger charge is 2.27. The average molecular weight is 472 g/mol. The number of aryl methyl sites for hydroxylation is 4. The third-order valence-corrected chi connectivity index (χ3v) is 10.3. The molecule has 0 atom stereocenters. The fourth-order valence-corrected chi connectivity index (χ4v) is 7.60. The molecule has 0 fully saturated rings. The van der Waals surface area contributed by atoms with Gasteiger partial charge in [-0.3, -0.25) is 0 Å². The minimum absolute atomic E-state index is 1.31. The monoisotopic (exact) mass is 471 g/mol. The molecule has 0 unspecified atom stereocenters. The van der Waals surface area contributed by atoms with Crippen molar-refractivity contribution in [2.45, 2.75) is 40.4 Å². The molecule has 0 saturated carbocycles. The van der Waals surface area contributed by atoms with E-state index >= 15 is 0 Å². The second-order valence-corrected chi connectivity index (χ2v) is 16.6. The van der Waals surface area contributed by atoms with Crippen LogP contribution in [0, 0.1) is 20.8 Å². The zero-order valence-electron chi connectivity index (χ0n) is 21.7. The van der Waals surface area contributed by atoms with Gasteiger partial charge in [0.2, 0.25) is 5.52 Å². The van der Waals surface area contributed by atoms with Gasteiger partial charge in [0.1, 0.15) is 7.05 Å². The van der Waals surface area contributed by atoms with Gasteiger partial charge in [-0.1, -0.05) is 72.9 Å². The molecule has 0 bridgehead atoms. The molecule has 0 aliphatic carbocycles. The van der Waals surface area contributed by atoms with Crippen molar-refractivity contribution in [3.8, 4) is 0 Å². The zero-order valence-corrected chi connectivity index (χ0v) is 22.7. The van der Waals surface area contributed by atoms with Crippen LogP contribution in [0.15, 0.2) is 60.8 Å². The van der Waals surface area contributed by atoms with E-state index < -0.39 is 8.07 Å². The molecule has 0 aliphatic rings. The molecule has 35 heavy (non-hydrogen) atoms. The Hall–Kier alpha value is -3.43. The number of hydrogen-bond acceptors (Lipinski definition) is 0. The maximum Gasteiger partial charge on any atom is 0.224 e. The SMILES string of the molecule is Cc1ccc2c(C)c3c(c(C)c2c1)c1c2c(ccc4c5ccc([Si](C)(C)C)cc5n3c42)cc[n+]1C. The number of rotatable bonds is 1. The van der Waals surface area contributed by atoms with Gasteiger partial charge in [-0.2, -0.15) is 0 Å². The average Bonchev–Trinajstić information content (AvgIpc) is 3.16. The van der Waals surface area contributed by atoms with Crippen molar-refractivity contribution >= 4 is 73.0 Å². The highest BCUT2D eigenvalue weighted by Crippen LogP contribution is 2.43. The second-order valence-electron chi connectivity index (χ2n) is 11.5. The van der Waals surface area contributed by atoms with Gasteiger partial charge in [-0.05, 0) is 54.1 Å². The number of hydrogen-bond donors (Lipinski definition) is 0. The van der Waals surface area contributed by atoms with Gasteiger partial charge in [0.25, 0.3) is 0 Å². The minimum Gasteiger partial charge on any atom is -0.307 e. The van der Waals surface area contributed by atoms with Crippen LogP contribution in [0.4, 0.5) is 0 Å². The van der Waals surface area contributed by atoms with Gasteiger partial charge in [0.15, 0.2) is 6.20 Å². The van der Waals surface area contributed by atoms with Gasteiger partial charge in [0.05, 0.1) is 35.4 Å². The molecule has 4 aromatic carbocycles. The summed E-state index contributed by atoms with van der Waals surface area (Å²) in [6.45, 7) is 14.2. The first-order chi connectivity index (χ1) is 16.7. The highest BCUT2D eigenvalue weighted by atomic mass is 28.3. The van der Waals surface area contributed by atoms with Crippen LogP contribution in [0.3, 0.4) is 0 Å². The smallest absolute Gasteiger partial charge is 0.224 e. The van der Waals surface area contributed by atoms with Crippen LogP contribution >= 0.6 is 0 Å². The van der Waals surface area contributed by atoms with Gasteiger partial charge in [-0.15, -0.1) is 0 Å². The largest absolute Gasteiger partial charge is 0.307 e. The molecule has 3 heterocycles. The summed E-state index contributed by atoms with van der Waals surface area (Å²) in [4.78, 5) is 0. The third-order valence-electron chi connectivity index (χ3n) is 8.31. The molecule has 0 N–H and O–H groups in total. The molecular formula is C32H31N2Si+. The van der Waals surface area contributed by atoms with Crippen LogP contribution in [0.5, 0.6) is 0 Å².